The largest absolute Gasteiger partial charge is 0.298 e. The third-order valence-electron chi connectivity index (χ3n) is 2.64. The van der Waals surface area contributed by atoms with Crippen molar-refractivity contribution in [2.45, 2.75) is 11.3 Å². The van der Waals surface area contributed by atoms with Gasteiger partial charge in [-0.1, -0.05) is 36.4 Å². The highest BCUT2D eigenvalue weighted by molar-refractivity contribution is 7.85. The number of halogens is 1. The van der Waals surface area contributed by atoms with E-state index in [0.29, 0.717) is 10.5 Å². The van der Waals surface area contributed by atoms with Crippen molar-refractivity contribution in [3.63, 3.8) is 0 Å². The molecule has 0 bridgehead atoms. The zero-order valence-corrected chi connectivity index (χ0v) is 11.0. The molecule has 2 rings (SSSR count). The number of Topliss-reactive ketones (excluding diaryl/α,β-unsaturated/α-hetero) is 1. The molecular weight excluding hydrogens is 263 g/mol. The monoisotopic (exact) mass is 276 g/mol. The van der Waals surface area contributed by atoms with Crippen LogP contribution in [0.15, 0.2) is 59.5 Å². The minimum atomic E-state index is -1.37. The molecule has 2 aromatic carbocycles. The third-order valence-corrected chi connectivity index (χ3v) is 4.03. The van der Waals surface area contributed by atoms with Crippen LogP contribution in [0.2, 0.25) is 0 Å². The van der Waals surface area contributed by atoms with E-state index in [9.17, 15) is 13.4 Å². The summed E-state index contributed by atoms with van der Waals surface area (Å²) in [6.07, 6.45) is -0.0226. The molecule has 0 fully saturated rings. The Bertz CT molecular complexity index is 596. The Labute approximate surface area is 113 Å². The highest BCUT2D eigenvalue weighted by Crippen LogP contribution is 2.10. The predicted molar refractivity (Wildman–Crippen MR) is 72.8 cm³/mol. The summed E-state index contributed by atoms with van der Waals surface area (Å²) in [5.74, 6) is -0.716. The first-order valence-electron chi connectivity index (χ1n) is 5.85. The van der Waals surface area contributed by atoms with E-state index in [1.54, 1.807) is 42.5 Å². The van der Waals surface area contributed by atoms with Gasteiger partial charge >= 0.3 is 0 Å². The summed E-state index contributed by atoms with van der Waals surface area (Å²) in [7, 11) is -1.37. The van der Waals surface area contributed by atoms with Crippen molar-refractivity contribution in [3.05, 3.63) is 66.0 Å². The second-order valence-electron chi connectivity index (χ2n) is 4.11. The lowest BCUT2D eigenvalue weighted by molar-refractivity contribution is -0.116. The average molecular weight is 276 g/mol. The molecule has 0 saturated heterocycles. The standard InChI is InChI=1S/C15H13FO2S/c16-15-9-5-4-6-12(15)10-13(17)11-19(18)14-7-2-1-3-8-14/h1-9H,10-11H2. The van der Waals surface area contributed by atoms with E-state index >= 15 is 0 Å². The molecule has 1 unspecified atom stereocenters. The Morgan fingerprint density at radius 2 is 1.63 bits per heavy atom. The van der Waals surface area contributed by atoms with Crippen LogP contribution in [0.4, 0.5) is 4.39 Å². The van der Waals surface area contributed by atoms with E-state index in [2.05, 4.69) is 0 Å². The molecule has 0 spiro atoms. The van der Waals surface area contributed by atoms with Gasteiger partial charge in [0, 0.05) is 11.3 Å². The molecule has 0 aliphatic carbocycles. The first-order valence-corrected chi connectivity index (χ1v) is 7.17. The summed E-state index contributed by atoms with van der Waals surface area (Å²) in [4.78, 5) is 12.4. The molecule has 4 heteroatoms. The van der Waals surface area contributed by atoms with Crippen molar-refractivity contribution in [1.82, 2.24) is 0 Å². The number of hydrogen-bond donors (Lipinski definition) is 0. The van der Waals surface area contributed by atoms with Gasteiger partial charge in [0.05, 0.1) is 16.6 Å². The summed E-state index contributed by atoms with van der Waals surface area (Å²) < 4.78 is 25.3. The molecule has 19 heavy (non-hydrogen) atoms. The van der Waals surface area contributed by atoms with Crippen LogP contribution < -0.4 is 0 Å². The Kier molecular flexibility index (Phi) is 4.58. The van der Waals surface area contributed by atoms with E-state index < -0.39 is 16.6 Å². The fourth-order valence-corrected chi connectivity index (χ4v) is 2.73. The Morgan fingerprint density at radius 1 is 1.00 bits per heavy atom. The minimum Gasteiger partial charge on any atom is -0.298 e. The van der Waals surface area contributed by atoms with Gasteiger partial charge in [0.2, 0.25) is 0 Å². The lowest BCUT2D eigenvalue weighted by Gasteiger charge is -2.03. The van der Waals surface area contributed by atoms with Crippen LogP contribution in [-0.2, 0) is 22.0 Å². The first-order chi connectivity index (χ1) is 9.16. The summed E-state index contributed by atoms with van der Waals surface area (Å²) >= 11 is 0. The van der Waals surface area contributed by atoms with Crippen LogP contribution in [0.3, 0.4) is 0 Å². The van der Waals surface area contributed by atoms with Gasteiger partial charge in [0.25, 0.3) is 0 Å². The fourth-order valence-electron chi connectivity index (χ4n) is 1.71. The normalized spacial score (nSPS) is 12.1. The van der Waals surface area contributed by atoms with E-state index in [1.165, 1.54) is 6.07 Å². The average Bonchev–Trinajstić information content (AvgIpc) is 2.42. The van der Waals surface area contributed by atoms with Crippen LogP contribution >= 0.6 is 0 Å². The van der Waals surface area contributed by atoms with E-state index in [-0.39, 0.29) is 18.0 Å². The number of hydrogen-bond acceptors (Lipinski definition) is 2. The highest BCUT2D eigenvalue weighted by Gasteiger charge is 2.12. The quantitative estimate of drug-likeness (QED) is 0.841. The number of rotatable bonds is 5. The molecule has 0 aliphatic rings. The van der Waals surface area contributed by atoms with Crippen LogP contribution in [0, 0.1) is 5.82 Å². The summed E-state index contributed by atoms with van der Waals surface area (Å²) in [6.45, 7) is 0. The van der Waals surface area contributed by atoms with Crippen molar-refractivity contribution in [2.75, 3.05) is 5.75 Å². The van der Waals surface area contributed by atoms with Gasteiger partial charge in [-0.25, -0.2) is 4.39 Å². The molecule has 2 aromatic rings. The van der Waals surface area contributed by atoms with E-state index in [4.69, 9.17) is 0 Å². The molecule has 2 nitrogen and oxygen atoms in total. The minimum absolute atomic E-state index is 0.0226. The van der Waals surface area contributed by atoms with Crippen molar-refractivity contribution in [2.24, 2.45) is 0 Å². The topological polar surface area (TPSA) is 34.1 Å². The SMILES string of the molecule is O=C(Cc1ccccc1F)CS(=O)c1ccccc1. The Balaban J connectivity index is 1.99. The van der Waals surface area contributed by atoms with Gasteiger partial charge in [0.15, 0.2) is 0 Å². The van der Waals surface area contributed by atoms with E-state index in [0.717, 1.165) is 0 Å². The third kappa shape index (κ3) is 3.83. The molecule has 98 valence electrons. The van der Waals surface area contributed by atoms with Crippen LogP contribution in [0.1, 0.15) is 5.56 Å². The van der Waals surface area contributed by atoms with Gasteiger partial charge in [0.1, 0.15) is 11.6 Å². The fraction of sp³-hybridized carbons (Fsp3) is 0.133. The second kappa shape index (κ2) is 6.38. The zero-order valence-electron chi connectivity index (χ0n) is 10.2. The van der Waals surface area contributed by atoms with E-state index in [1.807, 2.05) is 6.07 Å². The number of ketones is 1. The smallest absolute Gasteiger partial charge is 0.150 e. The Morgan fingerprint density at radius 3 is 2.32 bits per heavy atom. The maximum absolute atomic E-state index is 13.4. The Hall–Kier alpha value is -1.81. The predicted octanol–water partition coefficient (Wildman–Crippen LogP) is 2.75. The van der Waals surface area contributed by atoms with Gasteiger partial charge in [-0.3, -0.25) is 9.00 Å². The molecule has 0 radical (unpaired) electrons. The second-order valence-corrected chi connectivity index (χ2v) is 5.56. The van der Waals surface area contributed by atoms with Gasteiger partial charge < -0.3 is 0 Å². The summed E-state index contributed by atoms with van der Waals surface area (Å²) in [5, 5.41) is 0. The summed E-state index contributed by atoms with van der Waals surface area (Å²) in [5.41, 5.74) is 0.345. The van der Waals surface area contributed by atoms with Crippen LogP contribution in [-0.4, -0.2) is 15.7 Å². The van der Waals surface area contributed by atoms with Crippen molar-refractivity contribution in [3.8, 4) is 0 Å². The van der Waals surface area contributed by atoms with Crippen molar-refractivity contribution >= 4 is 16.6 Å². The number of benzene rings is 2. The van der Waals surface area contributed by atoms with Crippen molar-refractivity contribution < 1.29 is 13.4 Å². The summed E-state index contributed by atoms with van der Waals surface area (Å²) in [6, 6.07) is 14.9. The molecule has 0 aromatic heterocycles. The number of carbonyl (C=O) groups excluding carboxylic acids is 1. The highest BCUT2D eigenvalue weighted by atomic mass is 32.2. The van der Waals surface area contributed by atoms with Gasteiger partial charge in [-0.05, 0) is 23.8 Å². The molecule has 0 heterocycles. The molecule has 0 amide bonds. The lowest BCUT2D eigenvalue weighted by Crippen LogP contribution is -2.14. The van der Waals surface area contributed by atoms with Crippen molar-refractivity contribution in [1.29, 1.82) is 0 Å². The molecule has 0 aliphatic heterocycles. The van der Waals surface area contributed by atoms with Crippen LogP contribution in [0.25, 0.3) is 0 Å². The maximum atomic E-state index is 13.4. The van der Waals surface area contributed by atoms with Gasteiger partial charge in [-0.2, -0.15) is 0 Å². The molecule has 0 saturated carbocycles. The van der Waals surface area contributed by atoms with Crippen LogP contribution in [0.5, 0.6) is 0 Å². The van der Waals surface area contributed by atoms with Gasteiger partial charge in [-0.15, -0.1) is 0 Å². The zero-order chi connectivity index (χ0) is 13.7. The number of carbonyl (C=O) groups is 1. The molecular formula is C15H13FO2S. The lowest BCUT2D eigenvalue weighted by atomic mass is 10.1. The first kappa shape index (κ1) is 13.6. The molecule has 0 N–H and O–H groups in total. The maximum Gasteiger partial charge on any atom is 0.150 e. The molecule has 1 atom stereocenters.